The molecule has 0 spiro atoms. The topological polar surface area (TPSA) is 29.3 Å². The molecule has 1 unspecified atom stereocenters. The molecule has 0 saturated carbocycles. The normalized spacial score (nSPS) is 22.0. The zero-order chi connectivity index (χ0) is 13.1. The number of halogens is 1. The lowest BCUT2D eigenvalue weighted by Crippen LogP contribution is -2.37. The van der Waals surface area contributed by atoms with Gasteiger partial charge in [0.15, 0.2) is 0 Å². The largest absolute Gasteiger partial charge is 0.368 e. The molecule has 1 aromatic rings. The third-order valence-electron chi connectivity index (χ3n) is 3.43. The Kier molecular flexibility index (Phi) is 4.82. The summed E-state index contributed by atoms with van der Waals surface area (Å²) in [5.41, 5.74) is 8.13. The lowest BCUT2D eigenvalue weighted by atomic mass is 10.1. The summed E-state index contributed by atoms with van der Waals surface area (Å²) in [5, 5.41) is 1.55. The smallest absolute Gasteiger partial charge is 0.0642 e. The number of hydrogen-bond donors (Lipinski definition) is 1. The Morgan fingerprint density at radius 3 is 2.94 bits per heavy atom. The van der Waals surface area contributed by atoms with Crippen molar-refractivity contribution < 1.29 is 0 Å². The molecule has 0 radical (unpaired) electrons. The van der Waals surface area contributed by atoms with Gasteiger partial charge >= 0.3 is 0 Å². The van der Waals surface area contributed by atoms with Crippen LogP contribution in [0.3, 0.4) is 0 Å². The highest BCUT2D eigenvalue weighted by Gasteiger charge is 2.20. The molecule has 2 atom stereocenters. The van der Waals surface area contributed by atoms with Crippen molar-refractivity contribution in [3.05, 3.63) is 28.8 Å². The van der Waals surface area contributed by atoms with Crippen LogP contribution in [0, 0.1) is 0 Å². The van der Waals surface area contributed by atoms with E-state index in [4.69, 9.17) is 17.3 Å². The average Bonchev–Trinajstić information content (AvgIpc) is 2.38. The van der Waals surface area contributed by atoms with Gasteiger partial charge < -0.3 is 10.6 Å². The molecule has 2 nitrogen and oxygen atoms in total. The Morgan fingerprint density at radius 2 is 2.33 bits per heavy atom. The molecule has 0 aromatic heterocycles. The van der Waals surface area contributed by atoms with Crippen LogP contribution in [0.2, 0.25) is 5.02 Å². The van der Waals surface area contributed by atoms with Crippen LogP contribution in [0.5, 0.6) is 0 Å². The molecule has 0 aliphatic carbocycles. The van der Waals surface area contributed by atoms with Crippen molar-refractivity contribution in [3.63, 3.8) is 0 Å². The van der Waals surface area contributed by atoms with Gasteiger partial charge in [0.25, 0.3) is 0 Å². The SMILES string of the molecule is CCC1CN(c2ccc([C@H](C)N)cc2Cl)CCS1. The highest BCUT2D eigenvalue weighted by atomic mass is 35.5. The van der Waals surface area contributed by atoms with Gasteiger partial charge in [0.05, 0.1) is 10.7 Å². The van der Waals surface area contributed by atoms with Crippen molar-refractivity contribution in [3.8, 4) is 0 Å². The van der Waals surface area contributed by atoms with E-state index in [1.54, 1.807) is 0 Å². The maximum atomic E-state index is 6.39. The van der Waals surface area contributed by atoms with Gasteiger partial charge in [-0.15, -0.1) is 0 Å². The van der Waals surface area contributed by atoms with E-state index in [-0.39, 0.29) is 6.04 Å². The standard InChI is InChI=1S/C14H21ClN2S/c1-3-12-9-17(6-7-18-12)14-5-4-11(10(2)16)8-13(14)15/h4-5,8,10,12H,3,6-7,9,16H2,1-2H3/t10-,12?/m0/s1. The van der Waals surface area contributed by atoms with E-state index in [2.05, 4.69) is 35.7 Å². The summed E-state index contributed by atoms with van der Waals surface area (Å²) >= 11 is 8.46. The van der Waals surface area contributed by atoms with Crippen LogP contribution in [-0.4, -0.2) is 24.1 Å². The molecule has 1 fully saturated rings. The van der Waals surface area contributed by atoms with Gasteiger partial charge in [-0.1, -0.05) is 24.6 Å². The van der Waals surface area contributed by atoms with E-state index in [1.807, 2.05) is 13.0 Å². The van der Waals surface area contributed by atoms with Crippen LogP contribution in [0.25, 0.3) is 0 Å². The zero-order valence-corrected chi connectivity index (χ0v) is 12.6. The zero-order valence-electron chi connectivity index (χ0n) is 11.0. The summed E-state index contributed by atoms with van der Waals surface area (Å²) in [5.74, 6) is 1.18. The molecule has 1 aliphatic heterocycles. The number of nitrogens with two attached hydrogens (primary N) is 1. The van der Waals surface area contributed by atoms with Gasteiger partial charge in [0.1, 0.15) is 0 Å². The van der Waals surface area contributed by atoms with Gasteiger partial charge in [-0.05, 0) is 31.0 Å². The van der Waals surface area contributed by atoms with Crippen molar-refractivity contribution >= 4 is 29.1 Å². The molecule has 4 heteroatoms. The quantitative estimate of drug-likeness (QED) is 0.918. The van der Waals surface area contributed by atoms with Crippen LogP contribution in [0.4, 0.5) is 5.69 Å². The van der Waals surface area contributed by atoms with Crippen LogP contribution in [0.1, 0.15) is 31.9 Å². The fourth-order valence-electron chi connectivity index (χ4n) is 2.25. The first-order valence-electron chi connectivity index (χ1n) is 6.53. The minimum absolute atomic E-state index is 0.0388. The second-order valence-corrected chi connectivity index (χ2v) is 6.66. The average molecular weight is 285 g/mol. The monoisotopic (exact) mass is 284 g/mol. The molecule has 2 rings (SSSR count). The molecule has 2 N–H and O–H groups in total. The van der Waals surface area contributed by atoms with E-state index in [9.17, 15) is 0 Å². The number of anilines is 1. The van der Waals surface area contributed by atoms with Crippen LogP contribution >= 0.6 is 23.4 Å². The van der Waals surface area contributed by atoms with Crippen molar-refractivity contribution in [2.24, 2.45) is 5.73 Å². The van der Waals surface area contributed by atoms with E-state index in [0.717, 1.165) is 34.6 Å². The number of benzene rings is 1. The predicted molar refractivity (Wildman–Crippen MR) is 82.8 cm³/mol. The molecule has 1 heterocycles. The Hall–Kier alpha value is -0.380. The van der Waals surface area contributed by atoms with E-state index < -0.39 is 0 Å². The molecule has 1 aliphatic rings. The molecular weight excluding hydrogens is 264 g/mol. The Balaban J connectivity index is 2.17. The van der Waals surface area contributed by atoms with Crippen LogP contribution < -0.4 is 10.6 Å². The third-order valence-corrected chi connectivity index (χ3v) is 5.11. The van der Waals surface area contributed by atoms with Crippen LogP contribution in [-0.2, 0) is 0 Å². The fourth-order valence-corrected chi connectivity index (χ4v) is 3.74. The van der Waals surface area contributed by atoms with Crippen LogP contribution in [0.15, 0.2) is 18.2 Å². The molecule has 100 valence electrons. The number of hydrogen-bond acceptors (Lipinski definition) is 3. The minimum Gasteiger partial charge on any atom is -0.368 e. The van der Waals surface area contributed by atoms with Crippen molar-refractivity contribution in [2.45, 2.75) is 31.6 Å². The van der Waals surface area contributed by atoms with Crippen molar-refractivity contribution in [1.82, 2.24) is 0 Å². The minimum atomic E-state index is 0.0388. The third kappa shape index (κ3) is 3.14. The van der Waals surface area contributed by atoms with E-state index in [0.29, 0.717) is 0 Å². The van der Waals surface area contributed by atoms with Gasteiger partial charge in [-0.3, -0.25) is 0 Å². The lowest BCUT2D eigenvalue weighted by molar-refractivity contribution is 0.727. The molecule has 1 aromatic carbocycles. The first kappa shape index (κ1) is 14.0. The molecule has 0 bridgehead atoms. The van der Waals surface area contributed by atoms with Crippen molar-refractivity contribution in [1.29, 1.82) is 0 Å². The maximum absolute atomic E-state index is 6.39. The molecule has 1 saturated heterocycles. The number of rotatable bonds is 3. The predicted octanol–water partition coefficient (Wildman–Crippen LogP) is 3.69. The maximum Gasteiger partial charge on any atom is 0.0642 e. The first-order valence-corrected chi connectivity index (χ1v) is 7.96. The van der Waals surface area contributed by atoms with Gasteiger partial charge in [-0.25, -0.2) is 0 Å². The lowest BCUT2D eigenvalue weighted by Gasteiger charge is -2.34. The second kappa shape index (κ2) is 6.18. The molecular formula is C14H21ClN2S. The summed E-state index contributed by atoms with van der Waals surface area (Å²) in [6.45, 7) is 6.41. The summed E-state index contributed by atoms with van der Waals surface area (Å²) in [6, 6.07) is 6.25. The Bertz CT molecular complexity index is 409. The number of nitrogens with zero attached hydrogens (tertiary/aromatic N) is 1. The first-order chi connectivity index (χ1) is 8.61. The highest BCUT2D eigenvalue weighted by molar-refractivity contribution is 8.00. The Morgan fingerprint density at radius 1 is 1.56 bits per heavy atom. The molecule has 18 heavy (non-hydrogen) atoms. The van der Waals surface area contributed by atoms with E-state index >= 15 is 0 Å². The number of thioether (sulfide) groups is 1. The Labute approximate surface area is 119 Å². The van der Waals surface area contributed by atoms with Gasteiger partial charge in [0, 0.05) is 30.1 Å². The molecule has 0 amide bonds. The van der Waals surface area contributed by atoms with E-state index in [1.165, 1.54) is 12.2 Å². The second-order valence-electron chi connectivity index (χ2n) is 4.85. The van der Waals surface area contributed by atoms with Crippen molar-refractivity contribution in [2.75, 3.05) is 23.7 Å². The summed E-state index contributed by atoms with van der Waals surface area (Å²) in [6.07, 6.45) is 1.22. The summed E-state index contributed by atoms with van der Waals surface area (Å²) in [7, 11) is 0. The van der Waals surface area contributed by atoms with Gasteiger partial charge in [-0.2, -0.15) is 11.8 Å². The highest BCUT2D eigenvalue weighted by Crippen LogP contribution is 2.32. The fraction of sp³-hybridized carbons (Fsp3) is 0.571. The summed E-state index contributed by atoms with van der Waals surface area (Å²) < 4.78 is 0. The summed E-state index contributed by atoms with van der Waals surface area (Å²) in [4.78, 5) is 2.40. The van der Waals surface area contributed by atoms with Gasteiger partial charge in [0.2, 0.25) is 0 Å².